The van der Waals surface area contributed by atoms with Gasteiger partial charge >= 0.3 is 0 Å². The van der Waals surface area contributed by atoms with Crippen LogP contribution < -0.4 is 14.8 Å². The number of aliphatic carboxylic acids is 1. The van der Waals surface area contributed by atoms with Crippen LogP contribution in [0.15, 0.2) is 89.9 Å². The average molecular weight is 580 g/mol. The maximum atomic E-state index is 13.3. The van der Waals surface area contributed by atoms with Gasteiger partial charge in [0.05, 0.1) is 16.3 Å². The third-order valence-electron chi connectivity index (χ3n) is 6.12. The van der Waals surface area contributed by atoms with Crippen molar-refractivity contribution in [1.29, 1.82) is 0 Å². The van der Waals surface area contributed by atoms with Crippen molar-refractivity contribution in [2.75, 3.05) is 0 Å². The summed E-state index contributed by atoms with van der Waals surface area (Å²) in [7, 11) is 0. The van der Waals surface area contributed by atoms with Crippen molar-refractivity contribution < 1.29 is 14.6 Å². The Morgan fingerprint density at radius 1 is 0.976 bits per heavy atom. The number of ether oxygens (including phenoxy) is 1. The zero-order chi connectivity index (χ0) is 29.8. The van der Waals surface area contributed by atoms with E-state index in [0.717, 1.165) is 46.3 Å². The SMILES string of the molecule is CC(=O)O.Cc1ccccc1-c1nc2sc(=Cc3cn(-c4ccccc4)nc3-c3ccc(OC(C)C)cc3)c(=O)n2n1. The van der Waals surface area contributed by atoms with Crippen molar-refractivity contribution in [3.05, 3.63) is 111 Å². The maximum absolute atomic E-state index is 13.3. The van der Waals surface area contributed by atoms with Gasteiger partial charge in [-0.05, 0) is 68.8 Å². The first-order valence-corrected chi connectivity index (χ1v) is 14.1. The molecule has 0 bridgehead atoms. The second-order valence-corrected chi connectivity index (χ2v) is 10.8. The van der Waals surface area contributed by atoms with Gasteiger partial charge in [0.15, 0.2) is 5.82 Å². The van der Waals surface area contributed by atoms with Crippen LogP contribution in [0.2, 0.25) is 0 Å². The predicted molar refractivity (Wildman–Crippen MR) is 164 cm³/mol. The summed E-state index contributed by atoms with van der Waals surface area (Å²) in [6, 6.07) is 25.7. The van der Waals surface area contributed by atoms with Gasteiger partial charge in [-0.15, -0.1) is 5.10 Å². The fourth-order valence-corrected chi connectivity index (χ4v) is 5.21. The topological polar surface area (TPSA) is 112 Å². The van der Waals surface area contributed by atoms with Crippen LogP contribution in [0.5, 0.6) is 5.75 Å². The minimum absolute atomic E-state index is 0.0928. The molecule has 3 aromatic heterocycles. The van der Waals surface area contributed by atoms with Gasteiger partial charge in [0.25, 0.3) is 11.5 Å². The highest BCUT2D eigenvalue weighted by molar-refractivity contribution is 7.15. The Hall–Kier alpha value is -5.09. The van der Waals surface area contributed by atoms with E-state index in [1.54, 1.807) is 0 Å². The van der Waals surface area contributed by atoms with Gasteiger partial charge in [0, 0.05) is 29.8 Å². The maximum Gasteiger partial charge on any atom is 0.300 e. The van der Waals surface area contributed by atoms with E-state index in [1.807, 2.05) is 117 Å². The number of hydrogen-bond donors (Lipinski definition) is 1. The number of carboxylic acid groups (broad SMARTS) is 1. The summed E-state index contributed by atoms with van der Waals surface area (Å²) in [6.07, 6.45) is 3.91. The summed E-state index contributed by atoms with van der Waals surface area (Å²) in [5.74, 6) is 0.521. The molecular formula is C32H29N5O4S. The molecule has 0 amide bonds. The molecule has 9 nitrogen and oxygen atoms in total. The molecule has 0 aliphatic carbocycles. The average Bonchev–Trinajstić information content (AvgIpc) is 3.64. The Kier molecular flexibility index (Phi) is 8.26. The lowest BCUT2D eigenvalue weighted by Crippen LogP contribution is -2.23. The first kappa shape index (κ1) is 28.4. The molecule has 0 aliphatic rings. The summed E-state index contributed by atoms with van der Waals surface area (Å²) < 4.78 is 9.57. The molecule has 3 heterocycles. The molecule has 0 saturated carbocycles. The molecule has 42 heavy (non-hydrogen) atoms. The number of hydrogen-bond acceptors (Lipinski definition) is 7. The molecule has 6 rings (SSSR count). The first-order valence-electron chi connectivity index (χ1n) is 13.3. The molecule has 212 valence electrons. The molecule has 10 heteroatoms. The summed E-state index contributed by atoms with van der Waals surface area (Å²) in [4.78, 5) is 27.5. The van der Waals surface area contributed by atoms with Crippen LogP contribution in [0.3, 0.4) is 0 Å². The Labute approximate surface area is 246 Å². The monoisotopic (exact) mass is 579 g/mol. The van der Waals surface area contributed by atoms with Gasteiger partial charge in [0.2, 0.25) is 4.96 Å². The summed E-state index contributed by atoms with van der Waals surface area (Å²) in [5, 5.41) is 16.8. The Bertz CT molecular complexity index is 1950. The second kappa shape index (κ2) is 12.2. The number of carboxylic acids is 1. The Morgan fingerprint density at radius 3 is 2.29 bits per heavy atom. The lowest BCUT2D eigenvalue weighted by molar-refractivity contribution is -0.134. The number of rotatable bonds is 6. The van der Waals surface area contributed by atoms with E-state index < -0.39 is 5.97 Å². The standard InChI is InChI=1S/C30H25N5O2S.C2H4O2/c1-19(2)37-24-15-13-21(14-16-24)27-22(18-34(32-27)23-10-5-4-6-11-23)17-26-29(36)35-30(38-26)31-28(33-35)25-12-8-7-9-20(25)3;1-2(3)4/h4-19H,1-3H3;1H3,(H,3,4). The van der Waals surface area contributed by atoms with Gasteiger partial charge < -0.3 is 9.84 Å². The van der Waals surface area contributed by atoms with Crippen LogP contribution in [0, 0.1) is 6.92 Å². The summed E-state index contributed by atoms with van der Waals surface area (Å²) in [6.45, 7) is 7.09. The van der Waals surface area contributed by atoms with Crippen LogP contribution >= 0.6 is 11.3 Å². The van der Waals surface area contributed by atoms with Crippen molar-refractivity contribution >= 4 is 28.3 Å². The van der Waals surface area contributed by atoms with E-state index in [0.29, 0.717) is 15.3 Å². The fourth-order valence-electron chi connectivity index (χ4n) is 4.31. The van der Waals surface area contributed by atoms with Gasteiger partial charge in [-0.3, -0.25) is 9.59 Å². The lowest BCUT2D eigenvalue weighted by atomic mass is 10.1. The lowest BCUT2D eigenvalue weighted by Gasteiger charge is -2.09. The Balaban J connectivity index is 0.000000830. The number of nitrogens with zero attached hydrogens (tertiary/aromatic N) is 5. The van der Waals surface area contributed by atoms with Crippen molar-refractivity contribution in [1.82, 2.24) is 24.4 Å². The number of aromatic nitrogens is 5. The molecular weight excluding hydrogens is 550 g/mol. The van der Waals surface area contributed by atoms with E-state index >= 15 is 0 Å². The third kappa shape index (κ3) is 6.29. The van der Waals surface area contributed by atoms with Crippen LogP contribution in [0.25, 0.3) is 39.4 Å². The highest BCUT2D eigenvalue weighted by atomic mass is 32.1. The highest BCUT2D eigenvalue weighted by Crippen LogP contribution is 2.27. The summed E-state index contributed by atoms with van der Waals surface area (Å²) >= 11 is 1.32. The molecule has 6 aromatic rings. The molecule has 0 unspecified atom stereocenters. The minimum atomic E-state index is -0.833. The van der Waals surface area contributed by atoms with Crippen molar-refractivity contribution in [3.8, 4) is 34.1 Å². The third-order valence-corrected chi connectivity index (χ3v) is 7.08. The van der Waals surface area contributed by atoms with E-state index in [4.69, 9.17) is 19.7 Å². The fraction of sp³-hybridized carbons (Fsp3) is 0.156. The van der Waals surface area contributed by atoms with E-state index in [9.17, 15) is 4.79 Å². The minimum Gasteiger partial charge on any atom is -0.491 e. The van der Waals surface area contributed by atoms with E-state index in [-0.39, 0.29) is 11.7 Å². The van der Waals surface area contributed by atoms with Crippen LogP contribution in [-0.2, 0) is 4.79 Å². The smallest absolute Gasteiger partial charge is 0.300 e. The van der Waals surface area contributed by atoms with Gasteiger partial charge in [-0.1, -0.05) is 53.8 Å². The molecule has 3 aromatic carbocycles. The van der Waals surface area contributed by atoms with Gasteiger partial charge in [-0.25, -0.2) is 4.68 Å². The van der Waals surface area contributed by atoms with E-state index in [2.05, 4.69) is 10.1 Å². The molecule has 1 N–H and O–H groups in total. The molecule has 0 radical (unpaired) electrons. The van der Waals surface area contributed by atoms with Crippen LogP contribution in [-0.4, -0.2) is 41.6 Å². The number of para-hydroxylation sites is 1. The highest BCUT2D eigenvalue weighted by Gasteiger charge is 2.16. The summed E-state index contributed by atoms with van der Waals surface area (Å²) in [5.41, 5.74) is 5.24. The first-order chi connectivity index (χ1) is 20.2. The largest absolute Gasteiger partial charge is 0.491 e. The molecule has 0 spiro atoms. The second-order valence-electron chi connectivity index (χ2n) is 9.78. The molecule has 0 saturated heterocycles. The molecule has 0 atom stereocenters. The zero-order valence-electron chi connectivity index (χ0n) is 23.6. The Morgan fingerprint density at radius 2 is 1.64 bits per heavy atom. The number of thiazole rings is 1. The van der Waals surface area contributed by atoms with Gasteiger partial charge in [0.1, 0.15) is 11.4 Å². The van der Waals surface area contributed by atoms with Crippen molar-refractivity contribution in [2.24, 2.45) is 0 Å². The van der Waals surface area contributed by atoms with Crippen LogP contribution in [0.1, 0.15) is 31.9 Å². The number of fused-ring (bicyclic) bond motifs is 1. The van der Waals surface area contributed by atoms with Crippen molar-refractivity contribution in [2.45, 2.75) is 33.8 Å². The van der Waals surface area contributed by atoms with E-state index in [1.165, 1.54) is 15.9 Å². The van der Waals surface area contributed by atoms with Crippen LogP contribution in [0.4, 0.5) is 0 Å². The molecule has 0 aliphatic heterocycles. The normalized spacial score (nSPS) is 11.5. The van der Waals surface area contributed by atoms with Gasteiger partial charge in [-0.2, -0.15) is 14.6 Å². The number of carbonyl (C=O) groups is 1. The predicted octanol–water partition coefficient (Wildman–Crippen LogP) is 5.40. The number of aryl methyl sites for hydroxylation is 1. The molecule has 0 fully saturated rings. The number of benzene rings is 3. The quantitative estimate of drug-likeness (QED) is 0.281. The zero-order valence-corrected chi connectivity index (χ0v) is 24.4. The van der Waals surface area contributed by atoms with Crippen molar-refractivity contribution in [3.63, 3.8) is 0 Å².